The number of carbonyl (C=O) groups is 1. The Kier molecular flexibility index (Phi) is 6.61. The summed E-state index contributed by atoms with van der Waals surface area (Å²) < 4.78 is 13.8. The second-order valence-corrected chi connectivity index (χ2v) is 9.10. The van der Waals surface area contributed by atoms with E-state index in [1.807, 2.05) is 30.9 Å². The molecule has 0 unspecified atom stereocenters. The third kappa shape index (κ3) is 4.64. The number of carbonyl (C=O) groups excluding carboxylic acids is 1. The molecule has 0 bridgehead atoms. The number of pyridine rings is 2. The summed E-state index contributed by atoms with van der Waals surface area (Å²) in [5.74, 6) is 0.311. The highest BCUT2D eigenvalue weighted by Crippen LogP contribution is 2.35. The fraction of sp³-hybridized carbons (Fsp3) is 0.222. The smallest absolute Gasteiger partial charge is 0.272 e. The van der Waals surface area contributed by atoms with Crippen LogP contribution in [-0.4, -0.2) is 56.9 Å². The van der Waals surface area contributed by atoms with Gasteiger partial charge in [0.2, 0.25) is 0 Å². The molecule has 0 atom stereocenters. The van der Waals surface area contributed by atoms with E-state index in [0.717, 1.165) is 16.7 Å². The molecule has 1 aromatic carbocycles. The number of hydrogen-bond donors (Lipinski definition) is 0. The Bertz CT molecular complexity index is 1440. The molecule has 4 aromatic rings. The molecule has 1 fully saturated rings. The first-order chi connectivity index (χ1) is 17.4. The van der Waals surface area contributed by atoms with Gasteiger partial charge in [-0.15, -0.1) is 0 Å². The van der Waals surface area contributed by atoms with Gasteiger partial charge in [0.1, 0.15) is 23.0 Å². The first kappa shape index (κ1) is 23.8. The summed E-state index contributed by atoms with van der Waals surface area (Å²) in [6, 6.07) is 10.1. The number of amides is 1. The highest BCUT2D eigenvalue weighted by molar-refractivity contribution is 6.33. The van der Waals surface area contributed by atoms with Crippen LogP contribution in [0.5, 0.6) is 0 Å². The zero-order valence-corrected chi connectivity index (χ0v) is 20.7. The molecular weight excluding hydrogens is 479 g/mol. The lowest BCUT2D eigenvalue weighted by Gasteiger charge is -2.35. The van der Waals surface area contributed by atoms with E-state index in [2.05, 4.69) is 14.9 Å². The second-order valence-electron chi connectivity index (χ2n) is 8.69. The van der Waals surface area contributed by atoms with Gasteiger partial charge in [-0.3, -0.25) is 19.7 Å². The second kappa shape index (κ2) is 9.99. The molecule has 1 aliphatic rings. The van der Waals surface area contributed by atoms with Gasteiger partial charge in [0.25, 0.3) is 5.91 Å². The van der Waals surface area contributed by atoms with Gasteiger partial charge in [0.05, 0.1) is 16.9 Å². The van der Waals surface area contributed by atoms with Gasteiger partial charge in [0.15, 0.2) is 0 Å². The lowest BCUT2D eigenvalue weighted by molar-refractivity contribution is 0.0740. The predicted octanol–water partition coefficient (Wildman–Crippen LogP) is 4.97. The summed E-state index contributed by atoms with van der Waals surface area (Å²) in [6.07, 6.45) is 6.58. The zero-order chi connectivity index (χ0) is 25.2. The van der Waals surface area contributed by atoms with Gasteiger partial charge >= 0.3 is 0 Å². The van der Waals surface area contributed by atoms with Gasteiger partial charge in [-0.2, -0.15) is 0 Å². The molecule has 7 nitrogen and oxygen atoms in total. The summed E-state index contributed by atoms with van der Waals surface area (Å²) in [7, 11) is 0. The number of aryl methyl sites for hydroxylation is 2. The summed E-state index contributed by atoms with van der Waals surface area (Å²) in [5, 5.41) is 0.450. The van der Waals surface area contributed by atoms with Crippen molar-refractivity contribution in [2.24, 2.45) is 0 Å². The van der Waals surface area contributed by atoms with Gasteiger partial charge in [-0.25, -0.2) is 9.37 Å². The Morgan fingerprint density at radius 2 is 1.72 bits per heavy atom. The van der Waals surface area contributed by atoms with Gasteiger partial charge < -0.3 is 9.80 Å². The number of anilines is 1. The Morgan fingerprint density at radius 3 is 2.44 bits per heavy atom. The van der Waals surface area contributed by atoms with Crippen molar-refractivity contribution < 1.29 is 9.18 Å². The molecule has 1 amide bonds. The molecule has 0 saturated carbocycles. The maximum atomic E-state index is 13.8. The first-order valence-corrected chi connectivity index (χ1v) is 12.0. The number of piperazine rings is 1. The van der Waals surface area contributed by atoms with E-state index >= 15 is 0 Å². The largest absolute Gasteiger partial charge is 0.352 e. The minimum atomic E-state index is -0.308. The Morgan fingerprint density at radius 1 is 0.917 bits per heavy atom. The summed E-state index contributed by atoms with van der Waals surface area (Å²) >= 11 is 6.49. The van der Waals surface area contributed by atoms with E-state index in [1.165, 1.54) is 12.1 Å². The van der Waals surface area contributed by atoms with Gasteiger partial charge in [0, 0.05) is 55.9 Å². The monoisotopic (exact) mass is 502 g/mol. The quantitative estimate of drug-likeness (QED) is 0.392. The van der Waals surface area contributed by atoms with Gasteiger partial charge in [-0.1, -0.05) is 17.7 Å². The lowest BCUT2D eigenvalue weighted by Crippen LogP contribution is -2.49. The van der Waals surface area contributed by atoms with Crippen LogP contribution in [0.3, 0.4) is 0 Å². The van der Waals surface area contributed by atoms with Crippen molar-refractivity contribution in [2.75, 3.05) is 31.1 Å². The van der Waals surface area contributed by atoms with Crippen molar-refractivity contribution in [2.45, 2.75) is 13.8 Å². The Balaban J connectivity index is 1.45. The molecular formula is C27H24ClFN6O. The normalized spacial score (nSPS) is 13.7. The van der Waals surface area contributed by atoms with Crippen LogP contribution < -0.4 is 4.90 Å². The number of aromatic nitrogens is 4. The van der Waals surface area contributed by atoms with Crippen LogP contribution in [0.25, 0.3) is 22.5 Å². The standard InChI is InChI=1S/C27H24ClFN6O/c1-17-4-3-8-31-24(17)27(36)35-12-10-34(11-13-35)23-16-32-25(20-6-5-19(29)14-18(20)2)26(33-23)21-7-9-30-15-22(21)28/h3-9,14-16H,10-13H2,1-2H3. The van der Waals surface area contributed by atoms with Crippen LogP contribution in [0.15, 0.2) is 61.2 Å². The van der Waals surface area contributed by atoms with Crippen molar-refractivity contribution in [3.8, 4) is 22.5 Å². The van der Waals surface area contributed by atoms with Crippen LogP contribution in [0.2, 0.25) is 5.02 Å². The van der Waals surface area contributed by atoms with Crippen molar-refractivity contribution >= 4 is 23.3 Å². The molecule has 0 aliphatic carbocycles. The SMILES string of the molecule is Cc1cc(F)ccc1-c1ncc(N2CCN(C(=O)c3ncccc3C)CC2)nc1-c1ccncc1Cl. The zero-order valence-electron chi connectivity index (χ0n) is 19.9. The number of halogens is 2. The van der Waals surface area contributed by atoms with Crippen molar-refractivity contribution in [3.05, 3.63) is 88.8 Å². The fourth-order valence-electron chi connectivity index (χ4n) is 4.38. The van der Waals surface area contributed by atoms with E-state index in [1.54, 1.807) is 36.9 Å². The van der Waals surface area contributed by atoms with Crippen LogP contribution in [0, 0.1) is 19.7 Å². The van der Waals surface area contributed by atoms with Crippen molar-refractivity contribution in [1.82, 2.24) is 24.8 Å². The molecule has 9 heteroatoms. The van der Waals surface area contributed by atoms with Gasteiger partial charge in [-0.05, 0) is 55.3 Å². The van der Waals surface area contributed by atoms with E-state index in [-0.39, 0.29) is 11.7 Å². The molecule has 182 valence electrons. The molecule has 4 heterocycles. The van der Waals surface area contributed by atoms with E-state index < -0.39 is 0 Å². The van der Waals surface area contributed by atoms with Crippen LogP contribution in [0.1, 0.15) is 21.6 Å². The molecule has 3 aromatic heterocycles. The Hall–Kier alpha value is -3.91. The van der Waals surface area contributed by atoms with Crippen LogP contribution >= 0.6 is 11.6 Å². The van der Waals surface area contributed by atoms with Crippen molar-refractivity contribution in [3.63, 3.8) is 0 Å². The maximum Gasteiger partial charge on any atom is 0.272 e. The average Bonchev–Trinajstić information content (AvgIpc) is 2.89. The van der Waals surface area contributed by atoms with E-state index in [9.17, 15) is 9.18 Å². The summed E-state index contributed by atoms with van der Waals surface area (Å²) in [5.41, 5.74) is 4.78. The summed E-state index contributed by atoms with van der Waals surface area (Å²) in [4.78, 5) is 34.9. The highest BCUT2D eigenvalue weighted by Gasteiger charge is 2.26. The fourth-order valence-corrected chi connectivity index (χ4v) is 4.58. The lowest BCUT2D eigenvalue weighted by atomic mass is 10.0. The van der Waals surface area contributed by atoms with Crippen molar-refractivity contribution in [1.29, 1.82) is 0 Å². The maximum absolute atomic E-state index is 13.8. The average molecular weight is 503 g/mol. The third-order valence-electron chi connectivity index (χ3n) is 6.33. The molecule has 0 N–H and O–H groups in total. The number of rotatable bonds is 4. The molecule has 0 radical (unpaired) electrons. The molecule has 1 aliphatic heterocycles. The Labute approximate surface area is 213 Å². The molecule has 36 heavy (non-hydrogen) atoms. The number of hydrogen-bond acceptors (Lipinski definition) is 6. The summed E-state index contributed by atoms with van der Waals surface area (Å²) in [6.45, 7) is 6.02. The topological polar surface area (TPSA) is 75.1 Å². The molecule has 5 rings (SSSR count). The molecule has 1 saturated heterocycles. The van der Waals surface area contributed by atoms with Crippen LogP contribution in [-0.2, 0) is 0 Å². The van der Waals surface area contributed by atoms with E-state index in [0.29, 0.717) is 59.7 Å². The van der Waals surface area contributed by atoms with Crippen LogP contribution in [0.4, 0.5) is 10.2 Å². The minimum Gasteiger partial charge on any atom is -0.352 e. The minimum absolute atomic E-state index is 0.0646. The predicted molar refractivity (Wildman–Crippen MR) is 137 cm³/mol. The first-order valence-electron chi connectivity index (χ1n) is 11.6. The number of benzene rings is 1. The third-order valence-corrected chi connectivity index (χ3v) is 6.64. The molecule has 0 spiro atoms. The number of nitrogens with zero attached hydrogens (tertiary/aromatic N) is 6. The highest BCUT2D eigenvalue weighted by atomic mass is 35.5. The van der Waals surface area contributed by atoms with E-state index in [4.69, 9.17) is 21.6 Å².